The lowest BCUT2D eigenvalue weighted by molar-refractivity contribution is -0.384. The maximum atomic E-state index is 11.7. The third-order valence-electron chi connectivity index (χ3n) is 2.63. The molecule has 3 N–H and O–H groups in total. The van der Waals surface area contributed by atoms with Crippen LogP contribution < -0.4 is 11.1 Å². The summed E-state index contributed by atoms with van der Waals surface area (Å²) in [6.45, 7) is 5.58. The molecule has 7 heteroatoms. The predicted molar refractivity (Wildman–Crippen MR) is 79.0 cm³/mol. The van der Waals surface area contributed by atoms with Gasteiger partial charge in [-0.3, -0.25) is 10.1 Å². The summed E-state index contributed by atoms with van der Waals surface area (Å²) < 4.78 is 5.16. The average molecular weight is 295 g/mol. The first kappa shape index (κ1) is 16.9. The van der Waals surface area contributed by atoms with Crippen LogP contribution in [0.5, 0.6) is 0 Å². The number of amides is 1. The molecule has 1 atom stereocenters. The molecule has 0 aliphatic rings. The summed E-state index contributed by atoms with van der Waals surface area (Å²) in [5.74, 6) is 0. The highest BCUT2D eigenvalue weighted by Crippen LogP contribution is 2.13. The number of alkyl carbamates (subject to hydrolysis) is 1. The van der Waals surface area contributed by atoms with Crippen molar-refractivity contribution >= 4 is 11.8 Å². The Balaban J connectivity index is 2.61. The molecule has 7 nitrogen and oxygen atoms in total. The monoisotopic (exact) mass is 295 g/mol. The molecule has 0 saturated carbocycles. The van der Waals surface area contributed by atoms with Gasteiger partial charge in [0.25, 0.3) is 5.69 Å². The zero-order valence-corrected chi connectivity index (χ0v) is 12.5. The highest BCUT2D eigenvalue weighted by molar-refractivity contribution is 5.68. The van der Waals surface area contributed by atoms with Crippen molar-refractivity contribution in [3.8, 4) is 0 Å². The zero-order valence-electron chi connectivity index (χ0n) is 12.5. The first-order valence-electron chi connectivity index (χ1n) is 6.64. The topological polar surface area (TPSA) is 107 Å². The largest absolute Gasteiger partial charge is 0.444 e. The van der Waals surface area contributed by atoms with Gasteiger partial charge in [-0.05, 0) is 32.8 Å². The maximum absolute atomic E-state index is 11.7. The number of non-ortho nitro benzene ring substituents is 1. The van der Waals surface area contributed by atoms with E-state index in [1.54, 1.807) is 32.9 Å². The van der Waals surface area contributed by atoms with Crippen molar-refractivity contribution in [2.75, 3.05) is 6.54 Å². The molecule has 0 aliphatic carbocycles. The third kappa shape index (κ3) is 6.22. The van der Waals surface area contributed by atoms with Crippen LogP contribution >= 0.6 is 0 Å². The van der Waals surface area contributed by atoms with Crippen LogP contribution in [0, 0.1) is 10.1 Å². The standard InChI is InChI=1S/C14H21N3O4/c1-14(2,3)21-13(18)16-11(9-15)8-10-4-6-12(7-5-10)17(19)20/h4-7,11H,8-9,15H2,1-3H3,(H,16,18). The Kier molecular flexibility index (Phi) is 5.66. The van der Waals surface area contributed by atoms with Crippen molar-refractivity contribution in [2.45, 2.75) is 38.8 Å². The number of carbonyl (C=O) groups is 1. The fourth-order valence-electron chi connectivity index (χ4n) is 1.71. The van der Waals surface area contributed by atoms with Gasteiger partial charge in [-0.1, -0.05) is 12.1 Å². The lowest BCUT2D eigenvalue weighted by atomic mass is 10.1. The maximum Gasteiger partial charge on any atom is 0.407 e. The number of nitrogens with zero attached hydrogens (tertiary/aromatic N) is 1. The van der Waals surface area contributed by atoms with Gasteiger partial charge < -0.3 is 15.8 Å². The number of benzene rings is 1. The summed E-state index contributed by atoms with van der Waals surface area (Å²) >= 11 is 0. The molecule has 1 aromatic carbocycles. The Bertz CT molecular complexity index is 494. The number of rotatable bonds is 5. The van der Waals surface area contributed by atoms with Gasteiger partial charge in [0, 0.05) is 24.7 Å². The Labute approximate surface area is 123 Å². The molecule has 116 valence electrons. The van der Waals surface area contributed by atoms with E-state index in [2.05, 4.69) is 5.32 Å². The van der Waals surface area contributed by atoms with E-state index in [1.165, 1.54) is 12.1 Å². The smallest absolute Gasteiger partial charge is 0.407 e. The van der Waals surface area contributed by atoms with Gasteiger partial charge in [-0.2, -0.15) is 0 Å². The summed E-state index contributed by atoms with van der Waals surface area (Å²) in [6.07, 6.45) is -0.0480. The van der Waals surface area contributed by atoms with Gasteiger partial charge in [0.15, 0.2) is 0 Å². The van der Waals surface area contributed by atoms with Gasteiger partial charge >= 0.3 is 6.09 Å². The third-order valence-corrected chi connectivity index (χ3v) is 2.63. The average Bonchev–Trinajstić information content (AvgIpc) is 2.36. The van der Waals surface area contributed by atoms with Crippen LogP contribution in [-0.2, 0) is 11.2 Å². The molecule has 1 unspecified atom stereocenters. The lowest BCUT2D eigenvalue weighted by Crippen LogP contribution is -2.44. The number of nitro groups is 1. The van der Waals surface area contributed by atoms with Gasteiger partial charge in [0.1, 0.15) is 5.60 Å². The lowest BCUT2D eigenvalue weighted by Gasteiger charge is -2.23. The van der Waals surface area contributed by atoms with Crippen molar-refractivity contribution in [1.82, 2.24) is 5.32 Å². The predicted octanol–water partition coefficient (Wildman–Crippen LogP) is 1.99. The number of hydrogen-bond donors (Lipinski definition) is 2. The summed E-state index contributed by atoms with van der Waals surface area (Å²) in [7, 11) is 0. The molecule has 0 spiro atoms. The quantitative estimate of drug-likeness (QED) is 0.638. The van der Waals surface area contributed by atoms with E-state index in [-0.39, 0.29) is 18.3 Å². The molecule has 0 fully saturated rings. The minimum atomic E-state index is -0.573. The van der Waals surface area contributed by atoms with E-state index >= 15 is 0 Å². The zero-order chi connectivity index (χ0) is 16.0. The van der Waals surface area contributed by atoms with Crippen LogP contribution in [-0.4, -0.2) is 29.2 Å². The number of nitrogens with two attached hydrogens (primary N) is 1. The minimum Gasteiger partial charge on any atom is -0.444 e. The van der Waals surface area contributed by atoms with Gasteiger partial charge in [0.05, 0.1) is 4.92 Å². The fourth-order valence-corrected chi connectivity index (χ4v) is 1.71. The Morgan fingerprint density at radius 1 is 1.38 bits per heavy atom. The van der Waals surface area contributed by atoms with E-state index in [9.17, 15) is 14.9 Å². The van der Waals surface area contributed by atoms with Gasteiger partial charge in [-0.25, -0.2) is 4.79 Å². The van der Waals surface area contributed by atoms with Crippen LogP contribution in [0.3, 0.4) is 0 Å². The molecule has 0 saturated heterocycles. The Morgan fingerprint density at radius 3 is 2.38 bits per heavy atom. The van der Waals surface area contributed by atoms with E-state index in [0.29, 0.717) is 6.42 Å². The summed E-state index contributed by atoms with van der Waals surface area (Å²) in [5, 5.41) is 13.3. The SMILES string of the molecule is CC(C)(C)OC(=O)NC(CN)Cc1ccc([N+](=O)[O-])cc1. The number of hydrogen-bond acceptors (Lipinski definition) is 5. The number of nitrogens with one attached hydrogen (secondary N) is 1. The van der Waals surface area contributed by atoms with E-state index < -0.39 is 16.6 Å². The van der Waals surface area contributed by atoms with Crippen LogP contribution in [0.1, 0.15) is 26.3 Å². The molecule has 1 rings (SSSR count). The highest BCUT2D eigenvalue weighted by Gasteiger charge is 2.19. The summed E-state index contributed by atoms with van der Waals surface area (Å²) in [6, 6.07) is 5.86. The van der Waals surface area contributed by atoms with Crippen molar-refractivity contribution < 1.29 is 14.5 Å². The summed E-state index contributed by atoms with van der Waals surface area (Å²) in [5.41, 5.74) is 5.94. The van der Waals surface area contributed by atoms with Crippen LogP contribution in [0.4, 0.5) is 10.5 Å². The molecule has 21 heavy (non-hydrogen) atoms. The summed E-state index contributed by atoms with van der Waals surface area (Å²) in [4.78, 5) is 21.8. The second-order valence-electron chi connectivity index (χ2n) is 5.71. The van der Waals surface area contributed by atoms with Gasteiger partial charge in [0.2, 0.25) is 0 Å². The molecule has 1 aromatic rings. The van der Waals surface area contributed by atoms with Crippen molar-refractivity contribution in [2.24, 2.45) is 5.73 Å². The molecular weight excluding hydrogens is 274 g/mol. The Morgan fingerprint density at radius 2 is 1.95 bits per heavy atom. The van der Waals surface area contributed by atoms with Crippen molar-refractivity contribution in [3.05, 3.63) is 39.9 Å². The van der Waals surface area contributed by atoms with Crippen LogP contribution in [0.15, 0.2) is 24.3 Å². The molecule has 0 bridgehead atoms. The fraction of sp³-hybridized carbons (Fsp3) is 0.500. The highest BCUT2D eigenvalue weighted by atomic mass is 16.6. The Hall–Kier alpha value is -2.15. The van der Waals surface area contributed by atoms with E-state index in [0.717, 1.165) is 5.56 Å². The molecule has 0 aliphatic heterocycles. The first-order valence-corrected chi connectivity index (χ1v) is 6.64. The van der Waals surface area contributed by atoms with Crippen LogP contribution in [0.2, 0.25) is 0 Å². The number of ether oxygens (including phenoxy) is 1. The number of nitro benzene ring substituents is 1. The first-order chi connectivity index (χ1) is 9.71. The second-order valence-corrected chi connectivity index (χ2v) is 5.71. The molecule has 0 heterocycles. The van der Waals surface area contributed by atoms with E-state index in [1.807, 2.05) is 0 Å². The normalized spacial score (nSPS) is 12.6. The minimum absolute atomic E-state index is 0.0307. The van der Waals surface area contributed by atoms with Crippen molar-refractivity contribution in [3.63, 3.8) is 0 Å². The molecule has 0 radical (unpaired) electrons. The second kappa shape index (κ2) is 7.03. The van der Waals surface area contributed by atoms with E-state index in [4.69, 9.17) is 10.5 Å². The number of carbonyl (C=O) groups excluding carboxylic acids is 1. The van der Waals surface area contributed by atoms with Crippen LogP contribution in [0.25, 0.3) is 0 Å². The van der Waals surface area contributed by atoms with Crippen molar-refractivity contribution in [1.29, 1.82) is 0 Å². The molecule has 1 amide bonds. The molecular formula is C14H21N3O4. The van der Waals surface area contributed by atoms with Gasteiger partial charge in [-0.15, -0.1) is 0 Å². The molecule has 0 aromatic heterocycles.